The maximum absolute atomic E-state index is 12.6. The summed E-state index contributed by atoms with van der Waals surface area (Å²) in [5.74, 6) is 0.268. The van der Waals surface area contributed by atoms with Crippen LogP contribution in [0.4, 0.5) is 5.69 Å². The number of pyridine rings is 1. The number of nitrogens with zero attached hydrogens (tertiary/aromatic N) is 2. The predicted molar refractivity (Wildman–Crippen MR) is 113 cm³/mol. The molecule has 1 aliphatic heterocycles. The van der Waals surface area contributed by atoms with E-state index in [9.17, 15) is 19.7 Å². The van der Waals surface area contributed by atoms with Gasteiger partial charge in [0.1, 0.15) is 23.9 Å². The number of amides is 1. The van der Waals surface area contributed by atoms with Crippen molar-refractivity contribution in [3.8, 4) is 28.4 Å². The number of rotatable bonds is 1. The SMILES string of the molecule is Cn1cc2c(cc1=O)OCCNC(=O)c1cc(Cl)ccc1Oc1ccc([N+](=O)[O-])cc1-2. The van der Waals surface area contributed by atoms with Crippen LogP contribution in [0.2, 0.25) is 5.02 Å². The van der Waals surface area contributed by atoms with Gasteiger partial charge in [0, 0.05) is 47.6 Å². The lowest BCUT2D eigenvalue weighted by molar-refractivity contribution is -0.384. The van der Waals surface area contributed by atoms with Gasteiger partial charge < -0.3 is 19.4 Å². The van der Waals surface area contributed by atoms with Gasteiger partial charge >= 0.3 is 0 Å². The molecule has 0 radical (unpaired) electrons. The number of hydrogen-bond acceptors (Lipinski definition) is 6. The maximum Gasteiger partial charge on any atom is 0.270 e. The van der Waals surface area contributed by atoms with E-state index in [1.54, 1.807) is 19.2 Å². The Balaban J connectivity index is 1.98. The van der Waals surface area contributed by atoms with E-state index < -0.39 is 10.8 Å². The number of nitrogens with one attached hydrogen (secondary N) is 1. The first-order valence-electron chi connectivity index (χ1n) is 9.21. The van der Waals surface area contributed by atoms with Crippen molar-refractivity contribution in [3.63, 3.8) is 0 Å². The van der Waals surface area contributed by atoms with Gasteiger partial charge in [-0.1, -0.05) is 11.6 Å². The van der Waals surface area contributed by atoms with Gasteiger partial charge in [-0.2, -0.15) is 0 Å². The molecule has 0 atom stereocenters. The summed E-state index contributed by atoms with van der Waals surface area (Å²) in [6.07, 6.45) is 1.52. The normalized spacial score (nSPS) is 13.2. The van der Waals surface area contributed by atoms with E-state index in [0.29, 0.717) is 16.1 Å². The van der Waals surface area contributed by atoms with Crippen LogP contribution in [0.3, 0.4) is 0 Å². The third kappa shape index (κ3) is 4.08. The van der Waals surface area contributed by atoms with E-state index in [0.717, 1.165) is 0 Å². The zero-order valence-electron chi connectivity index (χ0n) is 16.3. The summed E-state index contributed by atoms with van der Waals surface area (Å²) in [4.78, 5) is 35.6. The molecule has 2 aromatic carbocycles. The summed E-state index contributed by atoms with van der Waals surface area (Å²) in [7, 11) is 1.56. The second kappa shape index (κ2) is 8.11. The van der Waals surface area contributed by atoms with Gasteiger partial charge in [0.05, 0.1) is 17.0 Å². The van der Waals surface area contributed by atoms with E-state index in [2.05, 4.69) is 5.32 Å². The van der Waals surface area contributed by atoms with Gasteiger partial charge in [-0.15, -0.1) is 0 Å². The molecule has 1 aliphatic rings. The molecular weight excluding hydrogens is 426 g/mol. The first-order valence-corrected chi connectivity index (χ1v) is 9.59. The molecule has 0 spiro atoms. The van der Waals surface area contributed by atoms with Crippen LogP contribution in [-0.4, -0.2) is 28.5 Å². The molecule has 0 saturated carbocycles. The highest BCUT2D eigenvalue weighted by atomic mass is 35.5. The number of halogens is 1. The van der Waals surface area contributed by atoms with Crippen LogP contribution in [0.5, 0.6) is 17.2 Å². The largest absolute Gasteiger partial charge is 0.491 e. The Morgan fingerprint density at radius 2 is 1.77 bits per heavy atom. The Hall–Kier alpha value is -3.85. The minimum absolute atomic E-state index is 0.0763. The van der Waals surface area contributed by atoms with E-state index in [1.165, 1.54) is 41.1 Å². The number of carbonyl (C=O) groups is 1. The number of fused-ring (bicyclic) bond motifs is 4. The summed E-state index contributed by atoms with van der Waals surface area (Å²) in [6.45, 7) is 0.230. The molecule has 1 N–H and O–H groups in total. The van der Waals surface area contributed by atoms with Crippen molar-refractivity contribution in [2.75, 3.05) is 13.2 Å². The van der Waals surface area contributed by atoms with Crippen molar-refractivity contribution in [3.05, 3.63) is 79.7 Å². The molecule has 3 aromatic rings. The van der Waals surface area contributed by atoms with Crippen LogP contribution in [0.15, 0.2) is 53.5 Å². The first kappa shape index (κ1) is 20.4. The molecule has 0 saturated heterocycles. The van der Waals surface area contributed by atoms with Gasteiger partial charge in [0.2, 0.25) is 0 Å². The highest BCUT2D eigenvalue weighted by molar-refractivity contribution is 6.31. The number of aromatic nitrogens is 1. The summed E-state index contributed by atoms with van der Waals surface area (Å²) < 4.78 is 13.1. The second-order valence-corrected chi connectivity index (χ2v) is 7.22. The van der Waals surface area contributed by atoms with Crippen LogP contribution in [0.1, 0.15) is 10.4 Å². The van der Waals surface area contributed by atoms with Crippen LogP contribution in [-0.2, 0) is 7.05 Å². The van der Waals surface area contributed by atoms with Gasteiger partial charge in [-0.3, -0.25) is 19.7 Å². The summed E-state index contributed by atoms with van der Waals surface area (Å²) in [6, 6.07) is 9.95. The minimum atomic E-state index is -0.528. The average Bonchev–Trinajstić information content (AvgIpc) is 2.74. The number of hydrogen-bond donors (Lipinski definition) is 1. The quantitative estimate of drug-likeness (QED) is 0.456. The van der Waals surface area contributed by atoms with Crippen LogP contribution < -0.4 is 20.3 Å². The number of nitro groups is 1. The molecule has 158 valence electrons. The molecule has 1 amide bonds. The number of aryl methyl sites for hydroxylation is 1. The number of nitro benzene ring substituents is 1. The van der Waals surface area contributed by atoms with Crippen LogP contribution >= 0.6 is 11.6 Å². The van der Waals surface area contributed by atoms with E-state index in [-0.39, 0.29) is 47.2 Å². The number of ether oxygens (including phenoxy) is 2. The molecule has 0 fully saturated rings. The number of non-ortho nitro benzene ring substituents is 1. The minimum Gasteiger partial charge on any atom is -0.491 e. The summed E-state index contributed by atoms with van der Waals surface area (Å²) >= 11 is 6.05. The topological polar surface area (TPSA) is 113 Å². The Labute approximate surface area is 180 Å². The highest BCUT2D eigenvalue weighted by Crippen LogP contribution is 2.41. The Kier molecular flexibility index (Phi) is 5.35. The van der Waals surface area contributed by atoms with Gasteiger partial charge in [-0.25, -0.2) is 0 Å². The lowest BCUT2D eigenvalue weighted by Gasteiger charge is -2.19. The fourth-order valence-electron chi connectivity index (χ4n) is 3.17. The van der Waals surface area contributed by atoms with Crippen LogP contribution in [0, 0.1) is 10.1 Å². The molecule has 4 rings (SSSR count). The van der Waals surface area contributed by atoms with Gasteiger partial charge in [0.25, 0.3) is 17.2 Å². The molecule has 0 bridgehead atoms. The Morgan fingerprint density at radius 1 is 1.03 bits per heavy atom. The maximum atomic E-state index is 12.6. The summed E-state index contributed by atoms with van der Waals surface area (Å²) in [5, 5.41) is 14.5. The standard InChI is InChI=1S/C21H16ClN3O6/c1-24-11-16-14-9-13(25(28)29)3-5-17(14)31-18-4-2-12(22)8-15(18)21(27)23-6-7-30-19(16)10-20(24)26/h2-5,8-11H,6-7H2,1H3,(H,23,27). The molecule has 31 heavy (non-hydrogen) atoms. The molecule has 0 aliphatic carbocycles. The zero-order valence-corrected chi connectivity index (χ0v) is 17.0. The van der Waals surface area contributed by atoms with Crippen LogP contribution in [0.25, 0.3) is 11.1 Å². The molecule has 10 heteroatoms. The predicted octanol–water partition coefficient (Wildman–Crippen LogP) is 3.53. The zero-order chi connectivity index (χ0) is 22.1. The fourth-order valence-corrected chi connectivity index (χ4v) is 3.35. The molecule has 2 heterocycles. The van der Waals surface area contributed by atoms with Crippen molar-refractivity contribution in [2.24, 2.45) is 7.05 Å². The second-order valence-electron chi connectivity index (χ2n) is 6.78. The van der Waals surface area contributed by atoms with Crippen molar-refractivity contribution in [1.29, 1.82) is 0 Å². The Morgan fingerprint density at radius 3 is 2.55 bits per heavy atom. The Bertz CT molecular complexity index is 1270. The lowest BCUT2D eigenvalue weighted by Crippen LogP contribution is -2.29. The van der Waals surface area contributed by atoms with E-state index >= 15 is 0 Å². The summed E-state index contributed by atoms with van der Waals surface area (Å²) in [5.41, 5.74) is 0.494. The monoisotopic (exact) mass is 441 g/mol. The lowest BCUT2D eigenvalue weighted by atomic mass is 10.0. The number of benzene rings is 2. The molecule has 1 aromatic heterocycles. The molecular formula is C21H16ClN3O6. The third-order valence-corrected chi connectivity index (χ3v) is 4.94. The van der Waals surface area contributed by atoms with Gasteiger partial charge in [-0.05, 0) is 24.3 Å². The van der Waals surface area contributed by atoms with Gasteiger partial charge in [0.15, 0.2) is 0 Å². The van der Waals surface area contributed by atoms with Crippen molar-refractivity contribution < 1.29 is 19.2 Å². The average molecular weight is 442 g/mol. The van der Waals surface area contributed by atoms with E-state index in [4.69, 9.17) is 21.1 Å². The smallest absolute Gasteiger partial charge is 0.270 e. The van der Waals surface area contributed by atoms with E-state index in [1.807, 2.05) is 0 Å². The van der Waals surface area contributed by atoms with Crippen molar-refractivity contribution >= 4 is 23.2 Å². The molecule has 0 unspecified atom stereocenters. The third-order valence-electron chi connectivity index (χ3n) is 4.71. The first-order chi connectivity index (χ1) is 14.8. The highest BCUT2D eigenvalue weighted by Gasteiger charge is 2.22. The van der Waals surface area contributed by atoms with Crippen molar-refractivity contribution in [2.45, 2.75) is 0 Å². The molecule has 9 nitrogen and oxygen atoms in total. The fraction of sp³-hybridized carbons (Fsp3) is 0.143. The van der Waals surface area contributed by atoms with Crippen molar-refractivity contribution in [1.82, 2.24) is 9.88 Å². The number of carbonyl (C=O) groups excluding carboxylic acids is 1.